The van der Waals surface area contributed by atoms with Crippen LogP contribution in [0.4, 0.5) is 4.39 Å². The standard InChI is InChI=1S/C18H16FN5O/c1-11-13(14-8-12(19)5-6-15(14)21-11)9-18(25)20-10-17-23-22-16-4-2-3-7-24(16)17/h2-8,21H,9-10H2,1H3,(H,20,25). The van der Waals surface area contributed by atoms with Crippen LogP contribution >= 0.6 is 0 Å². The molecule has 0 radical (unpaired) electrons. The predicted octanol–water partition coefficient (Wildman–Crippen LogP) is 2.52. The Kier molecular flexibility index (Phi) is 3.68. The predicted molar refractivity (Wildman–Crippen MR) is 91.5 cm³/mol. The third kappa shape index (κ3) is 2.84. The van der Waals surface area contributed by atoms with E-state index in [0.717, 1.165) is 27.8 Å². The van der Waals surface area contributed by atoms with E-state index < -0.39 is 0 Å². The number of nitrogens with one attached hydrogen (secondary N) is 2. The molecule has 25 heavy (non-hydrogen) atoms. The number of rotatable bonds is 4. The molecule has 0 aliphatic carbocycles. The van der Waals surface area contributed by atoms with Crippen molar-refractivity contribution in [3.63, 3.8) is 0 Å². The van der Waals surface area contributed by atoms with Crippen LogP contribution in [0.1, 0.15) is 17.1 Å². The number of fused-ring (bicyclic) bond motifs is 2. The van der Waals surface area contributed by atoms with Gasteiger partial charge in [0.15, 0.2) is 11.5 Å². The van der Waals surface area contributed by atoms with Crippen LogP contribution < -0.4 is 5.32 Å². The molecule has 0 aliphatic rings. The fourth-order valence-corrected chi connectivity index (χ4v) is 2.99. The van der Waals surface area contributed by atoms with E-state index in [2.05, 4.69) is 20.5 Å². The van der Waals surface area contributed by atoms with Crippen LogP contribution in [0.3, 0.4) is 0 Å². The van der Waals surface area contributed by atoms with E-state index in [1.807, 2.05) is 35.7 Å². The van der Waals surface area contributed by atoms with Gasteiger partial charge in [0, 0.05) is 22.8 Å². The van der Waals surface area contributed by atoms with Gasteiger partial charge in [0.1, 0.15) is 5.82 Å². The fraction of sp³-hybridized carbons (Fsp3) is 0.167. The summed E-state index contributed by atoms with van der Waals surface area (Å²) in [6, 6.07) is 10.1. The van der Waals surface area contributed by atoms with E-state index in [1.54, 1.807) is 6.07 Å². The normalized spacial score (nSPS) is 11.3. The highest BCUT2D eigenvalue weighted by Crippen LogP contribution is 2.23. The van der Waals surface area contributed by atoms with Crippen molar-refractivity contribution >= 4 is 22.5 Å². The maximum Gasteiger partial charge on any atom is 0.224 e. The minimum Gasteiger partial charge on any atom is -0.358 e. The molecule has 0 aliphatic heterocycles. The number of benzene rings is 1. The molecule has 0 saturated heterocycles. The minimum absolute atomic E-state index is 0.152. The van der Waals surface area contributed by atoms with E-state index in [4.69, 9.17) is 0 Å². The molecule has 2 N–H and O–H groups in total. The Balaban J connectivity index is 1.51. The Hall–Kier alpha value is -3.22. The number of halogens is 1. The number of H-pyrrole nitrogens is 1. The highest BCUT2D eigenvalue weighted by Gasteiger charge is 2.14. The maximum atomic E-state index is 13.5. The SMILES string of the molecule is Cc1[nH]c2ccc(F)cc2c1CC(=O)NCc1nnc2ccccn12. The van der Waals surface area contributed by atoms with Gasteiger partial charge in [0.25, 0.3) is 0 Å². The number of nitrogens with zero attached hydrogens (tertiary/aromatic N) is 3. The van der Waals surface area contributed by atoms with Gasteiger partial charge in [0.2, 0.25) is 5.91 Å². The van der Waals surface area contributed by atoms with Crippen molar-refractivity contribution < 1.29 is 9.18 Å². The average molecular weight is 337 g/mol. The third-order valence-electron chi connectivity index (χ3n) is 4.25. The smallest absolute Gasteiger partial charge is 0.224 e. The van der Waals surface area contributed by atoms with E-state index >= 15 is 0 Å². The number of aromatic amines is 1. The number of aromatic nitrogens is 4. The molecule has 6 nitrogen and oxygen atoms in total. The molecule has 1 aromatic carbocycles. The third-order valence-corrected chi connectivity index (χ3v) is 4.25. The van der Waals surface area contributed by atoms with Gasteiger partial charge in [-0.25, -0.2) is 4.39 Å². The van der Waals surface area contributed by atoms with Gasteiger partial charge in [-0.3, -0.25) is 9.20 Å². The first-order valence-electron chi connectivity index (χ1n) is 7.94. The van der Waals surface area contributed by atoms with Gasteiger partial charge in [-0.15, -0.1) is 10.2 Å². The molecule has 126 valence electrons. The maximum absolute atomic E-state index is 13.5. The second-order valence-corrected chi connectivity index (χ2v) is 5.92. The summed E-state index contributed by atoms with van der Waals surface area (Å²) in [6.45, 7) is 2.16. The summed E-state index contributed by atoms with van der Waals surface area (Å²) in [5.41, 5.74) is 3.22. The highest BCUT2D eigenvalue weighted by atomic mass is 19.1. The lowest BCUT2D eigenvalue weighted by Gasteiger charge is -2.05. The Morgan fingerprint density at radius 3 is 3.04 bits per heavy atom. The Morgan fingerprint density at radius 1 is 1.28 bits per heavy atom. The number of hydrogen-bond acceptors (Lipinski definition) is 3. The number of carbonyl (C=O) groups excluding carboxylic acids is 1. The molecule has 3 aromatic heterocycles. The molecule has 1 amide bonds. The van der Waals surface area contributed by atoms with Crippen LogP contribution in [-0.2, 0) is 17.8 Å². The number of aryl methyl sites for hydroxylation is 1. The van der Waals surface area contributed by atoms with Crippen molar-refractivity contribution in [2.75, 3.05) is 0 Å². The summed E-state index contributed by atoms with van der Waals surface area (Å²) >= 11 is 0. The van der Waals surface area contributed by atoms with Crippen molar-refractivity contribution in [3.8, 4) is 0 Å². The molecule has 0 saturated carbocycles. The van der Waals surface area contributed by atoms with Crippen molar-refractivity contribution in [1.82, 2.24) is 24.9 Å². The molecule has 0 bridgehead atoms. The minimum atomic E-state index is -0.317. The molecule has 0 fully saturated rings. The van der Waals surface area contributed by atoms with Gasteiger partial charge < -0.3 is 10.3 Å². The second kappa shape index (κ2) is 6.01. The summed E-state index contributed by atoms with van der Waals surface area (Å²) in [6.07, 6.45) is 2.02. The monoisotopic (exact) mass is 337 g/mol. The Morgan fingerprint density at radius 2 is 2.16 bits per heavy atom. The zero-order valence-corrected chi connectivity index (χ0v) is 13.6. The van der Waals surface area contributed by atoms with Gasteiger partial charge in [0.05, 0.1) is 13.0 Å². The van der Waals surface area contributed by atoms with Crippen LogP contribution in [0.2, 0.25) is 0 Å². The molecule has 0 spiro atoms. The number of carbonyl (C=O) groups is 1. The molecular weight excluding hydrogens is 321 g/mol. The first kappa shape index (κ1) is 15.3. The lowest BCUT2D eigenvalue weighted by atomic mass is 10.1. The van der Waals surface area contributed by atoms with Gasteiger partial charge in [-0.2, -0.15) is 0 Å². The van der Waals surface area contributed by atoms with Crippen molar-refractivity contribution in [2.24, 2.45) is 0 Å². The summed E-state index contributed by atoms with van der Waals surface area (Å²) in [7, 11) is 0. The lowest BCUT2D eigenvalue weighted by Crippen LogP contribution is -2.25. The zero-order chi connectivity index (χ0) is 17.4. The van der Waals surface area contributed by atoms with Gasteiger partial charge in [-0.05, 0) is 42.8 Å². The van der Waals surface area contributed by atoms with E-state index in [-0.39, 0.29) is 24.7 Å². The fourth-order valence-electron chi connectivity index (χ4n) is 2.99. The lowest BCUT2D eigenvalue weighted by molar-refractivity contribution is -0.120. The van der Waals surface area contributed by atoms with E-state index in [1.165, 1.54) is 12.1 Å². The second-order valence-electron chi connectivity index (χ2n) is 5.92. The molecule has 4 rings (SSSR count). The molecule has 3 heterocycles. The molecular formula is C18H16FN5O. The molecule has 4 aromatic rings. The summed E-state index contributed by atoms with van der Waals surface area (Å²) in [5, 5.41) is 11.7. The zero-order valence-electron chi connectivity index (χ0n) is 13.6. The van der Waals surface area contributed by atoms with Crippen molar-refractivity contribution in [3.05, 3.63) is 65.5 Å². The topological polar surface area (TPSA) is 75.1 Å². The van der Waals surface area contributed by atoms with Gasteiger partial charge in [-0.1, -0.05) is 6.07 Å². The average Bonchev–Trinajstić information content (AvgIpc) is 3.15. The summed E-state index contributed by atoms with van der Waals surface area (Å²) in [5.74, 6) is 0.190. The largest absolute Gasteiger partial charge is 0.358 e. The van der Waals surface area contributed by atoms with Crippen molar-refractivity contribution in [1.29, 1.82) is 0 Å². The van der Waals surface area contributed by atoms with Crippen LogP contribution in [0, 0.1) is 12.7 Å². The number of amides is 1. The van der Waals surface area contributed by atoms with Crippen LogP contribution in [0.25, 0.3) is 16.6 Å². The molecule has 0 atom stereocenters. The van der Waals surface area contributed by atoms with Crippen LogP contribution in [0.15, 0.2) is 42.6 Å². The van der Waals surface area contributed by atoms with Crippen molar-refractivity contribution in [2.45, 2.75) is 19.9 Å². The first-order valence-corrected chi connectivity index (χ1v) is 7.94. The number of pyridine rings is 1. The summed E-state index contributed by atoms with van der Waals surface area (Å²) < 4.78 is 15.3. The molecule has 0 unspecified atom stereocenters. The quantitative estimate of drug-likeness (QED) is 0.601. The van der Waals surface area contributed by atoms with E-state index in [0.29, 0.717) is 5.82 Å². The van der Waals surface area contributed by atoms with E-state index in [9.17, 15) is 9.18 Å². The van der Waals surface area contributed by atoms with Crippen LogP contribution in [0.5, 0.6) is 0 Å². The Bertz CT molecular complexity index is 1080. The molecule has 7 heteroatoms. The summed E-state index contributed by atoms with van der Waals surface area (Å²) in [4.78, 5) is 15.5. The van der Waals surface area contributed by atoms with Gasteiger partial charge >= 0.3 is 0 Å². The first-order chi connectivity index (χ1) is 12.1. The highest BCUT2D eigenvalue weighted by molar-refractivity contribution is 5.90. The Labute approximate surface area is 142 Å². The number of hydrogen-bond donors (Lipinski definition) is 2. The van der Waals surface area contributed by atoms with Crippen LogP contribution in [-0.4, -0.2) is 25.5 Å².